The molecule has 0 saturated carbocycles. The van der Waals surface area contributed by atoms with E-state index in [1.54, 1.807) is 31.2 Å². The van der Waals surface area contributed by atoms with E-state index in [0.29, 0.717) is 11.6 Å². The van der Waals surface area contributed by atoms with E-state index >= 15 is 0 Å². The van der Waals surface area contributed by atoms with Crippen molar-refractivity contribution in [1.82, 2.24) is 5.32 Å². The lowest BCUT2D eigenvalue weighted by molar-refractivity contribution is -0.433. The van der Waals surface area contributed by atoms with Gasteiger partial charge in [-0.1, -0.05) is 60.7 Å². The molecule has 156 valence electrons. The zero-order valence-corrected chi connectivity index (χ0v) is 16.6. The summed E-state index contributed by atoms with van der Waals surface area (Å²) in [6, 6.07) is 18.0. The van der Waals surface area contributed by atoms with Crippen molar-refractivity contribution in [2.45, 2.75) is 38.1 Å². The Morgan fingerprint density at radius 1 is 0.897 bits per heavy atom. The molecule has 0 saturated heterocycles. The van der Waals surface area contributed by atoms with Crippen LogP contribution in [0.25, 0.3) is 0 Å². The third-order valence-electron chi connectivity index (χ3n) is 4.04. The van der Waals surface area contributed by atoms with Crippen molar-refractivity contribution in [3.63, 3.8) is 0 Å². The number of rotatable bonds is 7. The Hall–Kier alpha value is -3.00. The molecule has 0 bridgehead atoms. The van der Waals surface area contributed by atoms with Crippen LogP contribution in [-0.2, 0) is 9.59 Å². The SMILES string of the molecule is CC(NC(=O)/C=C/C(=O)[O-])C(O)c1ccccc1.CC([NH3+])C(O)c1ccccc1. The second-order valence-corrected chi connectivity index (χ2v) is 6.64. The van der Waals surface area contributed by atoms with Gasteiger partial charge in [-0.3, -0.25) is 4.79 Å². The van der Waals surface area contributed by atoms with Gasteiger partial charge >= 0.3 is 0 Å². The number of aliphatic carboxylic acids is 1. The maximum Gasteiger partial charge on any atom is 0.244 e. The summed E-state index contributed by atoms with van der Waals surface area (Å²) in [4.78, 5) is 21.4. The first-order valence-corrected chi connectivity index (χ1v) is 9.21. The van der Waals surface area contributed by atoms with Crippen LogP contribution in [0, 0.1) is 0 Å². The molecular weight excluding hydrogens is 372 g/mol. The number of carboxylic acid groups (broad SMARTS) is 1. The Kier molecular flexibility index (Phi) is 10.3. The first-order valence-electron chi connectivity index (χ1n) is 9.21. The Labute approximate surface area is 170 Å². The van der Waals surface area contributed by atoms with E-state index in [9.17, 15) is 24.9 Å². The minimum Gasteiger partial charge on any atom is -0.545 e. The van der Waals surface area contributed by atoms with E-state index in [1.165, 1.54) is 0 Å². The summed E-state index contributed by atoms with van der Waals surface area (Å²) >= 11 is 0. The maximum absolute atomic E-state index is 11.3. The number of hydrogen-bond acceptors (Lipinski definition) is 5. The van der Waals surface area contributed by atoms with Crippen LogP contribution < -0.4 is 16.2 Å². The summed E-state index contributed by atoms with van der Waals surface area (Å²) < 4.78 is 0. The summed E-state index contributed by atoms with van der Waals surface area (Å²) in [6.45, 7) is 3.53. The summed E-state index contributed by atoms with van der Waals surface area (Å²) in [6.07, 6.45) is 0.197. The third kappa shape index (κ3) is 9.16. The molecule has 4 unspecified atom stereocenters. The lowest BCUT2D eigenvalue weighted by Gasteiger charge is -2.19. The lowest BCUT2D eigenvalue weighted by atomic mass is 10.0. The van der Waals surface area contributed by atoms with Gasteiger partial charge in [0.05, 0.1) is 18.1 Å². The number of nitrogens with one attached hydrogen (secondary N) is 1. The van der Waals surface area contributed by atoms with Crippen LogP contribution in [0.1, 0.15) is 37.2 Å². The second kappa shape index (κ2) is 12.5. The standard InChI is InChI=1S/C13H15NO4.C9H13NO/c1-9(14-11(15)7-8-12(16)17)13(18)10-5-3-2-4-6-10;1-7(10)9(11)8-5-3-2-4-6-8/h2-9,13,18H,1H3,(H,14,15)(H,16,17);2-7,9,11H,10H2,1H3/b8-7+;. The van der Waals surface area contributed by atoms with Crippen LogP contribution in [0.4, 0.5) is 0 Å². The van der Waals surface area contributed by atoms with Gasteiger partial charge in [-0.15, -0.1) is 0 Å². The van der Waals surface area contributed by atoms with Gasteiger partial charge in [0, 0.05) is 6.08 Å². The van der Waals surface area contributed by atoms with E-state index in [4.69, 9.17) is 0 Å². The molecule has 0 spiro atoms. The molecule has 0 heterocycles. The van der Waals surface area contributed by atoms with Crippen molar-refractivity contribution in [2.24, 2.45) is 0 Å². The molecule has 4 atom stereocenters. The van der Waals surface area contributed by atoms with Gasteiger partial charge in [-0.25, -0.2) is 0 Å². The Balaban J connectivity index is 0.000000326. The molecule has 2 rings (SSSR count). The molecule has 29 heavy (non-hydrogen) atoms. The number of carbonyl (C=O) groups is 2. The van der Waals surface area contributed by atoms with Crippen molar-refractivity contribution in [3.8, 4) is 0 Å². The van der Waals surface area contributed by atoms with Gasteiger partial charge in [-0.2, -0.15) is 0 Å². The first kappa shape index (κ1) is 24.0. The fraction of sp³-hybridized carbons (Fsp3) is 0.273. The molecule has 1 amide bonds. The highest BCUT2D eigenvalue weighted by Gasteiger charge is 2.17. The largest absolute Gasteiger partial charge is 0.545 e. The number of benzene rings is 2. The van der Waals surface area contributed by atoms with Crippen molar-refractivity contribution < 1.29 is 30.6 Å². The predicted octanol–water partition coefficient (Wildman–Crippen LogP) is -0.119. The van der Waals surface area contributed by atoms with Crippen molar-refractivity contribution in [1.29, 1.82) is 0 Å². The lowest BCUT2D eigenvalue weighted by Crippen LogP contribution is -2.61. The maximum atomic E-state index is 11.3. The molecule has 0 fully saturated rings. The zero-order chi connectivity index (χ0) is 21.8. The van der Waals surface area contributed by atoms with Gasteiger partial charge in [0.15, 0.2) is 0 Å². The second-order valence-electron chi connectivity index (χ2n) is 6.64. The Morgan fingerprint density at radius 2 is 1.34 bits per heavy atom. The number of aliphatic hydroxyl groups excluding tert-OH is 2. The van der Waals surface area contributed by atoms with Crippen LogP contribution in [0.2, 0.25) is 0 Å². The smallest absolute Gasteiger partial charge is 0.244 e. The molecule has 0 radical (unpaired) electrons. The van der Waals surface area contributed by atoms with Crippen molar-refractivity contribution in [2.75, 3.05) is 0 Å². The fourth-order valence-corrected chi connectivity index (χ4v) is 2.41. The van der Waals surface area contributed by atoms with Gasteiger partial charge < -0.3 is 31.2 Å². The number of carboxylic acids is 1. The molecular formula is C22H28N2O5. The van der Waals surface area contributed by atoms with E-state index in [-0.39, 0.29) is 6.04 Å². The number of quaternary nitrogens is 1. The summed E-state index contributed by atoms with van der Waals surface area (Å²) in [5, 5.41) is 32.1. The van der Waals surface area contributed by atoms with Gasteiger partial charge in [0.2, 0.25) is 5.91 Å². The van der Waals surface area contributed by atoms with Crippen LogP contribution in [0.15, 0.2) is 72.8 Å². The molecule has 2 aromatic carbocycles. The molecule has 0 aliphatic rings. The highest BCUT2D eigenvalue weighted by molar-refractivity contribution is 5.93. The highest BCUT2D eigenvalue weighted by Crippen LogP contribution is 2.16. The van der Waals surface area contributed by atoms with E-state index in [2.05, 4.69) is 11.1 Å². The summed E-state index contributed by atoms with van der Waals surface area (Å²) in [5.74, 6) is -2.04. The Morgan fingerprint density at radius 3 is 1.76 bits per heavy atom. The number of amides is 1. The monoisotopic (exact) mass is 400 g/mol. The van der Waals surface area contributed by atoms with Crippen molar-refractivity contribution >= 4 is 11.9 Å². The average molecular weight is 400 g/mol. The number of hydrogen-bond donors (Lipinski definition) is 4. The van der Waals surface area contributed by atoms with Crippen LogP contribution in [-0.4, -0.2) is 34.2 Å². The molecule has 0 aliphatic heterocycles. The average Bonchev–Trinajstić information content (AvgIpc) is 2.72. The molecule has 0 aromatic heterocycles. The molecule has 7 nitrogen and oxygen atoms in total. The minimum absolute atomic E-state index is 0.0393. The summed E-state index contributed by atoms with van der Waals surface area (Å²) in [7, 11) is 0. The van der Waals surface area contributed by atoms with Crippen LogP contribution >= 0.6 is 0 Å². The van der Waals surface area contributed by atoms with E-state index < -0.39 is 30.1 Å². The number of aliphatic hydroxyl groups is 2. The van der Waals surface area contributed by atoms with E-state index in [0.717, 1.165) is 11.6 Å². The molecule has 7 heteroatoms. The van der Waals surface area contributed by atoms with Crippen LogP contribution in [0.5, 0.6) is 0 Å². The van der Waals surface area contributed by atoms with Gasteiger partial charge in [0.1, 0.15) is 12.1 Å². The highest BCUT2D eigenvalue weighted by atomic mass is 16.4. The molecule has 2 aromatic rings. The van der Waals surface area contributed by atoms with Gasteiger partial charge in [0.25, 0.3) is 0 Å². The van der Waals surface area contributed by atoms with Crippen molar-refractivity contribution in [3.05, 3.63) is 83.9 Å². The molecule has 0 aliphatic carbocycles. The number of carbonyl (C=O) groups excluding carboxylic acids is 2. The van der Waals surface area contributed by atoms with E-state index in [1.807, 2.05) is 43.3 Å². The Bertz CT molecular complexity index is 778. The molecule has 6 N–H and O–H groups in total. The topological polar surface area (TPSA) is 137 Å². The van der Waals surface area contributed by atoms with Gasteiger partial charge in [-0.05, 0) is 31.1 Å². The fourth-order valence-electron chi connectivity index (χ4n) is 2.41. The normalized spacial score (nSPS) is 14.8. The summed E-state index contributed by atoms with van der Waals surface area (Å²) in [5.41, 5.74) is 5.38. The van der Waals surface area contributed by atoms with Crippen LogP contribution in [0.3, 0.4) is 0 Å². The quantitative estimate of drug-likeness (QED) is 0.480. The minimum atomic E-state index is -1.44. The zero-order valence-electron chi connectivity index (χ0n) is 16.6. The predicted molar refractivity (Wildman–Crippen MR) is 107 cm³/mol. The first-order chi connectivity index (χ1) is 13.7. The third-order valence-corrected chi connectivity index (χ3v) is 4.04.